The van der Waals surface area contributed by atoms with E-state index < -0.39 is 0 Å². The highest BCUT2D eigenvalue weighted by atomic mass is 31.0. The third-order valence-corrected chi connectivity index (χ3v) is 3.77. The highest BCUT2D eigenvalue weighted by Crippen LogP contribution is 2.26. The Balaban J connectivity index is 2.35. The molecule has 1 aromatic carbocycles. The fraction of sp³-hybridized carbons (Fsp3) is 0.467. The number of nitrogens with one attached hydrogen (secondary N) is 1. The van der Waals surface area contributed by atoms with Crippen LogP contribution in [0.25, 0.3) is 5.57 Å². The number of benzene rings is 1. The third-order valence-electron chi connectivity index (χ3n) is 3.30. The minimum atomic E-state index is 1.00. The molecule has 1 heterocycles. The van der Waals surface area contributed by atoms with Crippen LogP contribution in [-0.2, 0) is 12.7 Å². The van der Waals surface area contributed by atoms with Crippen LogP contribution in [0.5, 0.6) is 0 Å². The lowest BCUT2D eigenvalue weighted by atomic mass is 9.94. The molecule has 0 spiro atoms. The maximum atomic E-state index is 3.38. The minimum Gasteiger partial charge on any atom is -0.313 e. The molecular formula is C15H23N2P. The largest absolute Gasteiger partial charge is 0.313 e. The van der Waals surface area contributed by atoms with Crippen molar-refractivity contribution in [2.75, 3.05) is 27.2 Å². The molecule has 18 heavy (non-hydrogen) atoms. The zero-order valence-electron chi connectivity index (χ0n) is 11.4. The summed E-state index contributed by atoms with van der Waals surface area (Å²) in [6.45, 7) is 3.11. The van der Waals surface area contributed by atoms with Crippen molar-refractivity contribution in [3.8, 4) is 0 Å². The zero-order chi connectivity index (χ0) is 13.0. The Labute approximate surface area is 113 Å². The lowest BCUT2D eigenvalue weighted by Gasteiger charge is -2.20. The van der Waals surface area contributed by atoms with Crippen LogP contribution in [0, 0.1) is 0 Å². The average Bonchev–Trinajstić information content (AvgIpc) is 2.39. The van der Waals surface area contributed by atoms with Crippen LogP contribution >= 0.6 is 9.24 Å². The lowest BCUT2D eigenvalue weighted by Crippen LogP contribution is -2.21. The molecule has 0 saturated carbocycles. The highest BCUT2D eigenvalue weighted by Gasteiger charge is 2.11. The van der Waals surface area contributed by atoms with Crippen molar-refractivity contribution in [1.82, 2.24) is 10.2 Å². The maximum absolute atomic E-state index is 3.38. The van der Waals surface area contributed by atoms with E-state index in [0.29, 0.717) is 0 Å². The van der Waals surface area contributed by atoms with Crippen LogP contribution < -0.4 is 5.32 Å². The summed E-state index contributed by atoms with van der Waals surface area (Å²) in [6, 6.07) is 6.91. The number of nitrogens with zero attached hydrogens (tertiary/aromatic N) is 1. The second-order valence-electron chi connectivity index (χ2n) is 5.12. The Morgan fingerprint density at radius 2 is 2.17 bits per heavy atom. The second-order valence-corrected chi connectivity index (χ2v) is 5.53. The number of rotatable bonds is 4. The van der Waals surface area contributed by atoms with Gasteiger partial charge in [0.1, 0.15) is 0 Å². The van der Waals surface area contributed by atoms with Crippen LogP contribution in [0.1, 0.15) is 23.1 Å². The van der Waals surface area contributed by atoms with Gasteiger partial charge in [0.05, 0.1) is 0 Å². The van der Waals surface area contributed by atoms with E-state index in [1.54, 1.807) is 0 Å². The van der Waals surface area contributed by atoms with Crippen molar-refractivity contribution < 1.29 is 0 Å². The van der Waals surface area contributed by atoms with Gasteiger partial charge >= 0.3 is 0 Å². The summed E-state index contributed by atoms with van der Waals surface area (Å²) < 4.78 is 0. The molecule has 1 aromatic rings. The van der Waals surface area contributed by atoms with Gasteiger partial charge in [-0.1, -0.05) is 24.3 Å². The molecule has 0 aliphatic carbocycles. The smallest absolute Gasteiger partial charge is 0.0233 e. The monoisotopic (exact) mass is 262 g/mol. The first-order valence-electron chi connectivity index (χ1n) is 6.57. The van der Waals surface area contributed by atoms with Gasteiger partial charge in [-0.05, 0) is 55.5 Å². The normalized spacial score (nSPS) is 15.9. The van der Waals surface area contributed by atoms with Crippen molar-refractivity contribution in [3.63, 3.8) is 0 Å². The Bertz CT molecular complexity index is 438. The Kier molecular flexibility index (Phi) is 4.94. The molecule has 0 fully saturated rings. The predicted molar refractivity (Wildman–Crippen MR) is 82.7 cm³/mol. The Hall–Kier alpha value is -0.690. The van der Waals surface area contributed by atoms with Gasteiger partial charge in [0.2, 0.25) is 0 Å². The lowest BCUT2D eigenvalue weighted by molar-refractivity contribution is 0.402. The average molecular weight is 262 g/mol. The van der Waals surface area contributed by atoms with Gasteiger partial charge in [0.25, 0.3) is 0 Å². The molecule has 1 N–H and O–H groups in total. The first-order chi connectivity index (χ1) is 8.70. The molecule has 1 aliphatic rings. The van der Waals surface area contributed by atoms with E-state index in [2.05, 4.69) is 57.8 Å². The zero-order valence-corrected chi connectivity index (χ0v) is 12.5. The molecule has 0 radical (unpaired) electrons. The van der Waals surface area contributed by atoms with Crippen molar-refractivity contribution in [1.29, 1.82) is 0 Å². The topological polar surface area (TPSA) is 15.3 Å². The Morgan fingerprint density at radius 1 is 1.33 bits per heavy atom. The second kappa shape index (κ2) is 6.47. The third kappa shape index (κ3) is 3.41. The summed E-state index contributed by atoms with van der Waals surface area (Å²) in [6.07, 6.45) is 4.50. The standard InChI is InChI=1S/C15H23N2P/c1-17(2)10-14-9-12(11-18)3-4-15(14)13-5-7-16-8-6-13/h3-5,9,16H,6-8,10-11,18H2,1-2H3. The first-order valence-corrected chi connectivity index (χ1v) is 7.39. The number of hydrogen-bond acceptors (Lipinski definition) is 2. The van der Waals surface area contributed by atoms with Crippen LogP contribution in [0.3, 0.4) is 0 Å². The van der Waals surface area contributed by atoms with Gasteiger partial charge in [-0.3, -0.25) is 0 Å². The summed E-state index contributed by atoms with van der Waals surface area (Å²) >= 11 is 0. The first kappa shape index (κ1) is 13.7. The van der Waals surface area contributed by atoms with Crippen LogP contribution in [0.2, 0.25) is 0 Å². The maximum Gasteiger partial charge on any atom is 0.0233 e. The molecular weight excluding hydrogens is 239 g/mol. The van der Waals surface area contributed by atoms with Gasteiger partial charge in [-0.25, -0.2) is 0 Å². The van der Waals surface area contributed by atoms with Gasteiger partial charge in [-0.2, -0.15) is 0 Å². The van der Waals surface area contributed by atoms with Crippen LogP contribution in [0.4, 0.5) is 0 Å². The molecule has 0 aromatic heterocycles. The van der Waals surface area contributed by atoms with Crippen molar-refractivity contribution in [2.45, 2.75) is 19.1 Å². The molecule has 0 bridgehead atoms. The molecule has 2 rings (SSSR count). The van der Waals surface area contributed by atoms with Gasteiger partial charge in [0, 0.05) is 13.1 Å². The van der Waals surface area contributed by atoms with E-state index in [1.165, 1.54) is 22.3 Å². The minimum absolute atomic E-state index is 1.00. The van der Waals surface area contributed by atoms with E-state index in [9.17, 15) is 0 Å². The van der Waals surface area contributed by atoms with Crippen molar-refractivity contribution >= 4 is 14.8 Å². The molecule has 1 atom stereocenters. The van der Waals surface area contributed by atoms with Crippen molar-refractivity contribution in [2.24, 2.45) is 0 Å². The Morgan fingerprint density at radius 3 is 2.78 bits per heavy atom. The highest BCUT2D eigenvalue weighted by molar-refractivity contribution is 7.15. The molecule has 98 valence electrons. The molecule has 0 amide bonds. The van der Waals surface area contributed by atoms with Crippen molar-refractivity contribution in [3.05, 3.63) is 41.0 Å². The quantitative estimate of drug-likeness (QED) is 0.839. The molecule has 1 unspecified atom stereocenters. The fourth-order valence-electron chi connectivity index (χ4n) is 2.43. The SMILES string of the molecule is CN(C)Cc1cc(CP)ccc1C1=CCNCC1. The van der Waals surface area contributed by atoms with Gasteiger partial charge in [-0.15, -0.1) is 9.24 Å². The van der Waals surface area contributed by atoms with Crippen LogP contribution in [0.15, 0.2) is 24.3 Å². The summed E-state index contributed by atoms with van der Waals surface area (Å²) in [5.41, 5.74) is 5.79. The van der Waals surface area contributed by atoms with E-state index >= 15 is 0 Å². The van der Waals surface area contributed by atoms with Gasteiger partial charge < -0.3 is 10.2 Å². The van der Waals surface area contributed by atoms with E-state index in [1.807, 2.05) is 0 Å². The molecule has 0 saturated heterocycles. The predicted octanol–water partition coefficient (Wildman–Crippen LogP) is 2.50. The summed E-state index contributed by atoms with van der Waals surface area (Å²) in [4.78, 5) is 2.24. The number of hydrogen-bond donors (Lipinski definition) is 1. The van der Waals surface area contributed by atoms with E-state index in [4.69, 9.17) is 0 Å². The summed E-state index contributed by atoms with van der Waals surface area (Å²) in [7, 11) is 7.07. The fourth-order valence-corrected chi connectivity index (χ4v) is 2.68. The summed E-state index contributed by atoms with van der Waals surface area (Å²) in [5.74, 6) is 0. The molecule has 3 heteroatoms. The van der Waals surface area contributed by atoms with E-state index in [-0.39, 0.29) is 0 Å². The molecule has 1 aliphatic heterocycles. The summed E-state index contributed by atoms with van der Waals surface area (Å²) in [5, 5.41) is 3.38. The van der Waals surface area contributed by atoms with E-state index in [0.717, 1.165) is 32.2 Å². The van der Waals surface area contributed by atoms with Gasteiger partial charge in [0.15, 0.2) is 0 Å². The molecule has 2 nitrogen and oxygen atoms in total. The van der Waals surface area contributed by atoms with Crippen LogP contribution in [-0.4, -0.2) is 32.1 Å².